The van der Waals surface area contributed by atoms with Crippen LogP contribution in [0.2, 0.25) is 5.02 Å². The van der Waals surface area contributed by atoms with E-state index in [1.807, 2.05) is 0 Å². The Morgan fingerprint density at radius 2 is 1.67 bits per heavy atom. The fourth-order valence-corrected chi connectivity index (χ4v) is 2.24. The molecule has 0 atom stereocenters. The molecule has 2 aromatic carbocycles. The number of amides is 2. The van der Waals surface area contributed by atoms with E-state index >= 15 is 0 Å². The van der Waals surface area contributed by atoms with Crippen LogP contribution in [0.5, 0.6) is 11.5 Å². The second-order valence-corrected chi connectivity index (χ2v) is 5.31. The van der Waals surface area contributed by atoms with Crippen molar-refractivity contribution in [2.45, 2.75) is 0 Å². The van der Waals surface area contributed by atoms with Crippen molar-refractivity contribution in [3.8, 4) is 11.5 Å². The van der Waals surface area contributed by atoms with Gasteiger partial charge in [0, 0.05) is 18.1 Å². The molecule has 6 nitrogen and oxygen atoms in total. The molecule has 2 rings (SSSR count). The molecule has 2 aromatic rings. The number of phenolic OH excluding ortho intramolecular Hbond substituents is 1. The molecule has 0 saturated carbocycles. The summed E-state index contributed by atoms with van der Waals surface area (Å²) in [4.78, 5) is 24.0. The van der Waals surface area contributed by atoms with Gasteiger partial charge in [0.25, 0.3) is 11.8 Å². The molecule has 0 spiro atoms. The average molecular weight is 349 g/mol. The predicted molar refractivity (Wildman–Crippen MR) is 90.8 cm³/mol. The third-order valence-corrected chi connectivity index (χ3v) is 3.49. The van der Waals surface area contributed by atoms with Crippen LogP contribution >= 0.6 is 11.6 Å². The van der Waals surface area contributed by atoms with Crippen molar-refractivity contribution in [1.82, 2.24) is 10.6 Å². The van der Waals surface area contributed by atoms with Gasteiger partial charge in [-0.3, -0.25) is 9.59 Å². The summed E-state index contributed by atoms with van der Waals surface area (Å²) in [6, 6.07) is 11.0. The van der Waals surface area contributed by atoms with Crippen LogP contribution < -0.4 is 15.4 Å². The minimum Gasteiger partial charge on any atom is -0.507 e. The van der Waals surface area contributed by atoms with Crippen molar-refractivity contribution >= 4 is 23.4 Å². The quantitative estimate of drug-likeness (QED) is 0.698. The summed E-state index contributed by atoms with van der Waals surface area (Å²) in [6.45, 7) is 0.426. The average Bonchev–Trinajstić information content (AvgIpc) is 2.58. The van der Waals surface area contributed by atoms with E-state index in [1.165, 1.54) is 25.3 Å². The Morgan fingerprint density at radius 1 is 1.04 bits per heavy atom. The van der Waals surface area contributed by atoms with E-state index in [0.717, 1.165) is 0 Å². The van der Waals surface area contributed by atoms with E-state index in [-0.39, 0.29) is 30.3 Å². The molecule has 0 aliphatic carbocycles. The SMILES string of the molecule is COc1ccc(Cl)cc1C(=O)NCCNC(=O)c1ccccc1O. The molecular formula is C17H17ClN2O4. The second-order valence-electron chi connectivity index (χ2n) is 4.87. The topological polar surface area (TPSA) is 87.7 Å². The van der Waals surface area contributed by atoms with Gasteiger partial charge in [0.05, 0.1) is 18.2 Å². The van der Waals surface area contributed by atoms with Crippen LogP contribution in [-0.4, -0.2) is 37.1 Å². The molecule has 0 bridgehead atoms. The van der Waals surface area contributed by atoms with Gasteiger partial charge in [0.2, 0.25) is 0 Å². The summed E-state index contributed by atoms with van der Waals surface area (Å²) in [5, 5.41) is 15.3. The number of methoxy groups -OCH3 is 1. The van der Waals surface area contributed by atoms with E-state index in [1.54, 1.807) is 24.3 Å². The molecule has 24 heavy (non-hydrogen) atoms. The predicted octanol–water partition coefficient (Wildman–Crippen LogP) is 2.21. The number of hydrogen-bond acceptors (Lipinski definition) is 4. The normalized spacial score (nSPS) is 10.1. The van der Waals surface area contributed by atoms with E-state index in [0.29, 0.717) is 16.3 Å². The molecule has 0 unspecified atom stereocenters. The van der Waals surface area contributed by atoms with Crippen molar-refractivity contribution < 1.29 is 19.4 Å². The maximum atomic E-state index is 12.1. The Labute approximate surface area is 144 Å². The Bertz CT molecular complexity index is 749. The zero-order valence-corrected chi connectivity index (χ0v) is 13.8. The summed E-state index contributed by atoms with van der Waals surface area (Å²) in [7, 11) is 1.46. The molecular weight excluding hydrogens is 332 g/mol. The number of halogens is 1. The standard InChI is InChI=1S/C17H17ClN2O4/c1-24-15-7-6-11(18)10-13(15)17(23)20-9-8-19-16(22)12-4-2-3-5-14(12)21/h2-7,10,21H,8-9H2,1H3,(H,19,22)(H,20,23). The molecule has 0 fully saturated rings. The number of carbonyl (C=O) groups is 2. The van der Waals surface area contributed by atoms with Gasteiger partial charge in [-0.25, -0.2) is 0 Å². The van der Waals surface area contributed by atoms with Gasteiger partial charge in [-0.2, -0.15) is 0 Å². The van der Waals surface area contributed by atoms with Crippen molar-refractivity contribution in [3.05, 3.63) is 58.6 Å². The number of rotatable bonds is 6. The smallest absolute Gasteiger partial charge is 0.255 e. The van der Waals surface area contributed by atoms with E-state index in [2.05, 4.69) is 10.6 Å². The lowest BCUT2D eigenvalue weighted by Gasteiger charge is -2.10. The van der Waals surface area contributed by atoms with Gasteiger partial charge in [-0.05, 0) is 30.3 Å². The highest BCUT2D eigenvalue weighted by Gasteiger charge is 2.13. The van der Waals surface area contributed by atoms with E-state index in [4.69, 9.17) is 16.3 Å². The van der Waals surface area contributed by atoms with Crippen LogP contribution in [0.3, 0.4) is 0 Å². The summed E-state index contributed by atoms with van der Waals surface area (Å²) in [6.07, 6.45) is 0. The first-order valence-electron chi connectivity index (χ1n) is 7.21. The Kier molecular flexibility index (Phi) is 6.03. The summed E-state index contributed by atoms with van der Waals surface area (Å²) in [5.74, 6) is -0.452. The Morgan fingerprint density at radius 3 is 2.29 bits per heavy atom. The van der Waals surface area contributed by atoms with E-state index in [9.17, 15) is 14.7 Å². The lowest BCUT2D eigenvalue weighted by molar-refractivity contribution is 0.0924. The Balaban J connectivity index is 1.86. The second kappa shape index (κ2) is 8.21. The maximum Gasteiger partial charge on any atom is 0.255 e. The van der Waals surface area contributed by atoms with Gasteiger partial charge in [-0.1, -0.05) is 23.7 Å². The highest BCUT2D eigenvalue weighted by molar-refractivity contribution is 6.31. The first kappa shape index (κ1) is 17.6. The van der Waals surface area contributed by atoms with Gasteiger partial charge >= 0.3 is 0 Å². The molecule has 0 saturated heterocycles. The van der Waals surface area contributed by atoms with Gasteiger partial charge < -0.3 is 20.5 Å². The van der Waals surface area contributed by atoms with Gasteiger partial charge in [0.1, 0.15) is 11.5 Å². The highest BCUT2D eigenvalue weighted by atomic mass is 35.5. The maximum absolute atomic E-state index is 12.1. The molecule has 2 amide bonds. The number of carbonyl (C=O) groups excluding carboxylic acids is 2. The number of para-hydroxylation sites is 1. The van der Waals surface area contributed by atoms with Crippen LogP contribution in [0, 0.1) is 0 Å². The monoisotopic (exact) mass is 348 g/mol. The molecule has 3 N–H and O–H groups in total. The number of hydrogen-bond donors (Lipinski definition) is 3. The largest absolute Gasteiger partial charge is 0.507 e. The summed E-state index contributed by atoms with van der Waals surface area (Å²) >= 11 is 5.89. The highest BCUT2D eigenvalue weighted by Crippen LogP contribution is 2.22. The first-order chi connectivity index (χ1) is 11.5. The van der Waals surface area contributed by atoms with Gasteiger partial charge in [0.15, 0.2) is 0 Å². The number of nitrogens with one attached hydrogen (secondary N) is 2. The fourth-order valence-electron chi connectivity index (χ4n) is 2.07. The molecule has 0 aliphatic heterocycles. The lowest BCUT2D eigenvalue weighted by Crippen LogP contribution is -2.34. The summed E-state index contributed by atoms with van der Waals surface area (Å²) < 4.78 is 5.12. The fraction of sp³-hybridized carbons (Fsp3) is 0.176. The van der Waals surface area contributed by atoms with Crippen molar-refractivity contribution in [1.29, 1.82) is 0 Å². The number of phenols is 1. The van der Waals surface area contributed by atoms with Crippen LogP contribution in [0.1, 0.15) is 20.7 Å². The summed E-state index contributed by atoms with van der Waals surface area (Å²) in [5.41, 5.74) is 0.498. The van der Waals surface area contributed by atoms with Crippen LogP contribution in [0.25, 0.3) is 0 Å². The molecule has 0 heterocycles. The first-order valence-corrected chi connectivity index (χ1v) is 7.58. The minimum absolute atomic E-state index is 0.0947. The number of ether oxygens (including phenoxy) is 1. The van der Waals surface area contributed by atoms with Crippen LogP contribution in [-0.2, 0) is 0 Å². The molecule has 0 radical (unpaired) electrons. The van der Waals surface area contributed by atoms with Crippen molar-refractivity contribution in [2.24, 2.45) is 0 Å². The van der Waals surface area contributed by atoms with Crippen molar-refractivity contribution in [3.63, 3.8) is 0 Å². The van der Waals surface area contributed by atoms with Crippen molar-refractivity contribution in [2.75, 3.05) is 20.2 Å². The lowest BCUT2D eigenvalue weighted by atomic mass is 10.2. The third-order valence-electron chi connectivity index (χ3n) is 3.25. The van der Waals surface area contributed by atoms with Gasteiger partial charge in [-0.15, -0.1) is 0 Å². The Hall–Kier alpha value is -2.73. The van der Waals surface area contributed by atoms with E-state index < -0.39 is 5.91 Å². The number of aromatic hydroxyl groups is 1. The number of benzene rings is 2. The molecule has 126 valence electrons. The molecule has 0 aliphatic rings. The third kappa shape index (κ3) is 4.39. The van der Waals surface area contributed by atoms with Crippen LogP contribution in [0.15, 0.2) is 42.5 Å². The zero-order valence-electron chi connectivity index (χ0n) is 13.0. The molecule has 0 aromatic heterocycles. The zero-order chi connectivity index (χ0) is 17.5. The molecule has 7 heteroatoms. The minimum atomic E-state index is -0.414. The van der Waals surface area contributed by atoms with Crippen LogP contribution in [0.4, 0.5) is 0 Å².